The van der Waals surface area contributed by atoms with E-state index >= 15 is 0 Å². The highest BCUT2D eigenvalue weighted by Crippen LogP contribution is 2.29. The van der Waals surface area contributed by atoms with Gasteiger partial charge in [-0.25, -0.2) is 8.42 Å². The third-order valence-corrected chi connectivity index (χ3v) is 7.66. The molecule has 1 fully saturated rings. The first-order valence-corrected chi connectivity index (χ1v) is 12.4. The lowest BCUT2D eigenvalue weighted by atomic mass is 9.83. The van der Waals surface area contributed by atoms with Gasteiger partial charge in [0.25, 0.3) is 5.91 Å². The summed E-state index contributed by atoms with van der Waals surface area (Å²) in [4.78, 5) is 24.7. The van der Waals surface area contributed by atoms with Crippen molar-refractivity contribution in [1.29, 1.82) is 0 Å². The second-order valence-electron chi connectivity index (χ2n) is 8.36. The van der Waals surface area contributed by atoms with Gasteiger partial charge >= 0.3 is 6.18 Å². The summed E-state index contributed by atoms with van der Waals surface area (Å²) in [6.45, 7) is -0.426. The standard InChI is InChI=1S/C23H26F3N3O4S/c24-23(25,26)17-6-4-5-15(11-17)22(31)28-13-21(30)29-18-9-10-20(27)16(12-18)14-34(32,33)19-7-2-1-3-8-19/h1-8,11,16,18,20H,9-10,12-14,27H2,(H,28,31)(H,29,30)/t16?,18?,20-/m0/s1. The van der Waals surface area contributed by atoms with Crippen LogP contribution < -0.4 is 16.4 Å². The normalized spacial score (nSPS) is 21.0. The van der Waals surface area contributed by atoms with Crippen molar-refractivity contribution in [3.05, 3.63) is 65.7 Å². The molecule has 1 aliphatic rings. The van der Waals surface area contributed by atoms with Gasteiger partial charge in [0.15, 0.2) is 9.84 Å². The monoisotopic (exact) mass is 497 g/mol. The number of amides is 2. The highest BCUT2D eigenvalue weighted by Gasteiger charge is 2.33. The Labute approximate surface area is 195 Å². The zero-order valence-corrected chi connectivity index (χ0v) is 19.0. The zero-order chi connectivity index (χ0) is 24.9. The van der Waals surface area contributed by atoms with Crippen LogP contribution in [0.3, 0.4) is 0 Å². The third kappa shape index (κ3) is 6.80. The van der Waals surface area contributed by atoms with Gasteiger partial charge in [-0.15, -0.1) is 0 Å². The number of nitrogens with one attached hydrogen (secondary N) is 2. The van der Waals surface area contributed by atoms with E-state index in [1.807, 2.05) is 0 Å². The van der Waals surface area contributed by atoms with Crippen LogP contribution in [0.2, 0.25) is 0 Å². The van der Waals surface area contributed by atoms with Crippen LogP contribution in [-0.4, -0.2) is 44.6 Å². The number of sulfone groups is 1. The minimum Gasteiger partial charge on any atom is -0.352 e. The first kappa shape index (κ1) is 25.7. The molecule has 2 aromatic carbocycles. The summed E-state index contributed by atoms with van der Waals surface area (Å²) in [5.41, 5.74) is 4.98. The molecule has 2 amide bonds. The first-order valence-electron chi connectivity index (χ1n) is 10.7. The summed E-state index contributed by atoms with van der Waals surface area (Å²) >= 11 is 0. The number of rotatable bonds is 7. The Hall–Kier alpha value is -2.92. The number of halogens is 3. The maximum atomic E-state index is 12.8. The van der Waals surface area contributed by atoms with E-state index in [1.54, 1.807) is 18.2 Å². The number of carbonyl (C=O) groups excluding carboxylic acids is 2. The molecule has 0 radical (unpaired) electrons. The Morgan fingerprint density at radius 1 is 1.03 bits per heavy atom. The van der Waals surface area contributed by atoms with Crippen molar-refractivity contribution in [2.75, 3.05) is 12.3 Å². The van der Waals surface area contributed by atoms with Gasteiger partial charge in [0.2, 0.25) is 5.91 Å². The fourth-order valence-electron chi connectivity index (χ4n) is 3.99. The van der Waals surface area contributed by atoms with Gasteiger partial charge in [0.05, 0.1) is 22.8 Å². The maximum Gasteiger partial charge on any atom is 0.416 e. The minimum absolute atomic E-state index is 0.142. The Kier molecular flexibility index (Phi) is 7.98. The van der Waals surface area contributed by atoms with Crippen molar-refractivity contribution in [3.8, 4) is 0 Å². The van der Waals surface area contributed by atoms with Gasteiger partial charge in [-0.05, 0) is 55.5 Å². The molecule has 0 heterocycles. The summed E-state index contributed by atoms with van der Waals surface area (Å²) in [6.07, 6.45) is -3.15. The lowest BCUT2D eigenvalue weighted by Gasteiger charge is -2.34. The molecule has 4 N–H and O–H groups in total. The van der Waals surface area contributed by atoms with E-state index < -0.39 is 39.9 Å². The van der Waals surface area contributed by atoms with E-state index in [2.05, 4.69) is 10.6 Å². The Morgan fingerprint density at radius 2 is 1.74 bits per heavy atom. The van der Waals surface area contributed by atoms with E-state index in [4.69, 9.17) is 5.73 Å². The summed E-state index contributed by atoms with van der Waals surface area (Å²) in [5, 5.41) is 5.06. The molecule has 0 spiro atoms. The van der Waals surface area contributed by atoms with Gasteiger partial charge in [-0.2, -0.15) is 13.2 Å². The smallest absolute Gasteiger partial charge is 0.352 e. The van der Waals surface area contributed by atoms with E-state index in [0.29, 0.717) is 25.3 Å². The largest absolute Gasteiger partial charge is 0.416 e. The van der Waals surface area contributed by atoms with Crippen molar-refractivity contribution in [3.63, 3.8) is 0 Å². The van der Waals surface area contributed by atoms with E-state index in [0.717, 1.165) is 12.1 Å². The summed E-state index contributed by atoms with van der Waals surface area (Å²) < 4.78 is 63.9. The van der Waals surface area contributed by atoms with Gasteiger partial charge < -0.3 is 16.4 Å². The molecule has 0 saturated heterocycles. The molecule has 184 valence electrons. The predicted octanol–water partition coefficient (Wildman–Crippen LogP) is 2.52. The Morgan fingerprint density at radius 3 is 2.41 bits per heavy atom. The number of carbonyl (C=O) groups is 2. The second-order valence-corrected chi connectivity index (χ2v) is 10.4. The number of nitrogens with two attached hydrogens (primary N) is 1. The van der Waals surface area contributed by atoms with Crippen LogP contribution in [0.15, 0.2) is 59.5 Å². The fourth-order valence-corrected chi connectivity index (χ4v) is 5.71. The highest BCUT2D eigenvalue weighted by atomic mass is 32.2. The van der Waals surface area contributed by atoms with Crippen LogP contribution in [0.5, 0.6) is 0 Å². The topological polar surface area (TPSA) is 118 Å². The van der Waals surface area contributed by atoms with Crippen molar-refractivity contribution < 1.29 is 31.2 Å². The van der Waals surface area contributed by atoms with Gasteiger partial charge in [-0.3, -0.25) is 9.59 Å². The van der Waals surface area contributed by atoms with Crippen molar-refractivity contribution in [2.45, 2.75) is 42.4 Å². The molecule has 34 heavy (non-hydrogen) atoms. The van der Waals surface area contributed by atoms with Crippen molar-refractivity contribution in [1.82, 2.24) is 10.6 Å². The highest BCUT2D eigenvalue weighted by molar-refractivity contribution is 7.91. The SMILES string of the molecule is N[C@H]1CCC(NC(=O)CNC(=O)c2cccc(C(F)(F)F)c2)CC1CS(=O)(=O)c1ccccc1. The zero-order valence-electron chi connectivity index (χ0n) is 18.2. The Balaban J connectivity index is 1.53. The molecule has 7 nitrogen and oxygen atoms in total. The van der Waals surface area contributed by atoms with Gasteiger partial charge in [0, 0.05) is 17.6 Å². The average Bonchev–Trinajstić information content (AvgIpc) is 2.79. The molecule has 2 aromatic rings. The molecule has 3 rings (SSSR count). The number of hydrogen-bond acceptors (Lipinski definition) is 5. The number of alkyl halides is 3. The van der Waals surface area contributed by atoms with Crippen LogP contribution >= 0.6 is 0 Å². The molecule has 1 saturated carbocycles. The summed E-state index contributed by atoms with van der Waals surface area (Å²) in [5.74, 6) is -1.83. The van der Waals surface area contributed by atoms with Crippen molar-refractivity contribution >= 4 is 21.7 Å². The van der Waals surface area contributed by atoms with E-state index in [-0.39, 0.29) is 34.2 Å². The molecule has 2 unspecified atom stereocenters. The van der Waals surface area contributed by atoms with Crippen LogP contribution in [-0.2, 0) is 20.8 Å². The number of hydrogen-bond donors (Lipinski definition) is 3. The van der Waals surface area contributed by atoms with Crippen molar-refractivity contribution in [2.24, 2.45) is 11.7 Å². The van der Waals surface area contributed by atoms with E-state index in [1.165, 1.54) is 18.2 Å². The molecule has 11 heteroatoms. The average molecular weight is 498 g/mol. The van der Waals surface area contributed by atoms with Gasteiger partial charge in [-0.1, -0.05) is 24.3 Å². The summed E-state index contributed by atoms with van der Waals surface area (Å²) in [6, 6.07) is 11.3. The Bertz CT molecular complexity index is 1120. The fraction of sp³-hybridized carbons (Fsp3) is 0.391. The van der Waals surface area contributed by atoms with Gasteiger partial charge in [0.1, 0.15) is 0 Å². The minimum atomic E-state index is -4.58. The predicted molar refractivity (Wildman–Crippen MR) is 120 cm³/mol. The molecule has 1 aliphatic carbocycles. The maximum absolute atomic E-state index is 12.8. The lowest BCUT2D eigenvalue weighted by Crippen LogP contribution is -2.49. The first-order chi connectivity index (χ1) is 16.0. The molecule has 0 bridgehead atoms. The third-order valence-electron chi connectivity index (χ3n) is 5.80. The number of benzene rings is 2. The molecular formula is C23H26F3N3O4S. The van der Waals surface area contributed by atoms with Crippen LogP contribution in [0.25, 0.3) is 0 Å². The van der Waals surface area contributed by atoms with Crippen LogP contribution in [0, 0.1) is 5.92 Å². The molecule has 3 atom stereocenters. The van der Waals surface area contributed by atoms with E-state index in [9.17, 15) is 31.2 Å². The second kappa shape index (κ2) is 10.6. The quantitative estimate of drug-likeness (QED) is 0.543. The van der Waals surface area contributed by atoms with Crippen LogP contribution in [0.4, 0.5) is 13.2 Å². The summed E-state index contributed by atoms with van der Waals surface area (Å²) in [7, 11) is -3.54. The molecule has 0 aromatic heterocycles. The molecule has 0 aliphatic heterocycles. The molecular weight excluding hydrogens is 471 g/mol. The lowest BCUT2D eigenvalue weighted by molar-refractivity contribution is -0.137. The van der Waals surface area contributed by atoms with Crippen LogP contribution in [0.1, 0.15) is 35.2 Å².